The Hall–Kier alpha value is -1.27. The van der Waals surface area contributed by atoms with E-state index in [-0.39, 0.29) is 12.5 Å². The maximum atomic E-state index is 13.0. The van der Waals surface area contributed by atoms with Gasteiger partial charge in [0.2, 0.25) is 5.91 Å². The lowest BCUT2D eigenvalue weighted by Crippen LogP contribution is -2.65. The highest BCUT2D eigenvalue weighted by Gasteiger charge is 2.51. The molecule has 0 aromatic heterocycles. The summed E-state index contributed by atoms with van der Waals surface area (Å²) in [6, 6.07) is -0.824. The van der Waals surface area contributed by atoms with Crippen LogP contribution in [0.3, 0.4) is 0 Å². The molecule has 330 valence electrons. The van der Waals surface area contributed by atoms with E-state index >= 15 is 0 Å². The van der Waals surface area contributed by atoms with Crippen LogP contribution in [0.2, 0.25) is 0 Å². The van der Waals surface area contributed by atoms with Crippen molar-refractivity contribution in [1.82, 2.24) is 5.32 Å². The molecule has 56 heavy (non-hydrogen) atoms. The van der Waals surface area contributed by atoms with Gasteiger partial charge >= 0.3 is 0 Å². The number of allylic oxidation sites excluding steroid dienone is 2. The van der Waals surface area contributed by atoms with Crippen LogP contribution in [-0.2, 0) is 23.7 Å². The first-order valence-electron chi connectivity index (χ1n) is 21.9. The molecule has 2 fully saturated rings. The summed E-state index contributed by atoms with van der Waals surface area (Å²) in [5.41, 5.74) is 0. The van der Waals surface area contributed by atoms with Crippen LogP contribution in [0, 0.1) is 0 Å². The smallest absolute Gasteiger partial charge is 0.220 e. The van der Waals surface area contributed by atoms with Gasteiger partial charge in [-0.2, -0.15) is 0 Å². The average Bonchev–Trinajstić information content (AvgIpc) is 3.19. The van der Waals surface area contributed by atoms with Gasteiger partial charge in [0.25, 0.3) is 0 Å². The van der Waals surface area contributed by atoms with Crippen LogP contribution in [-0.4, -0.2) is 140 Å². The molecule has 12 atom stereocenters. The summed E-state index contributed by atoms with van der Waals surface area (Å²) in [6.07, 6.45) is 11.2. The molecule has 2 aliphatic heterocycles. The Bertz CT molecular complexity index is 1000. The van der Waals surface area contributed by atoms with Crippen LogP contribution in [0.1, 0.15) is 155 Å². The topological polar surface area (TPSA) is 228 Å². The highest BCUT2D eigenvalue weighted by molar-refractivity contribution is 5.76. The van der Waals surface area contributed by atoms with Crippen molar-refractivity contribution in [2.75, 3.05) is 19.8 Å². The van der Waals surface area contributed by atoms with Crippen molar-refractivity contribution in [2.24, 2.45) is 0 Å². The minimum absolute atomic E-state index is 0.222. The normalized spacial score (nSPS) is 29.5. The second-order valence-electron chi connectivity index (χ2n) is 15.8. The predicted octanol–water partition coefficient (Wildman–Crippen LogP) is 3.65. The molecule has 0 saturated carbocycles. The number of aliphatic hydroxyl groups is 8. The summed E-state index contributed by atoms with van der Waals surface area (Å²) in [5.74, 6) is -0.222. The molecule has 0 aliphatic carbocycles. The van der Waals surface area contributed by atoms with Gasteiger partial charge in [0.15, 0.2) is 12.6 Å². The van der Waals surface area contributed by atoms with Crippen molar-refractivity contribution < 1.29 is 64.6 Å². The fourth-order valence-corrected chi connectivity index (χ4v) is 7.29. The summed E-state index contributed by atoms with van der Waals surface area (Å²) in [6.45, 7) is 2.74. The van der Waals surface area contributed by atoms with Gasteiger partial charge in [-0.3, -0.25) is 4.79 Å². The lowest BCUT2D eigenvalue weighted by atomic mass is 9.97. The summed E-state index contributed by atoms with van der Waals surface area (Å²) >= 11 is 0. The van der Waals surface area contributed by atoms with Crippen molar-refractivity contribution in [3.05, 3.63) is 12.2 Å². The third-order valence-electron chi connectivity index (χ3n) is 11.0. The minimum atomic E-state index is -1.78. The monoisotopic (exact) mass is 806 g/mol. The first-order valence-corrected chi connectivity index (χ1v) is 21.9. The van der Waals surface area contributed by atoms with Crippen LogP contribution >= 0.6 is 0 Å². The number of carbonyl (C=O) groups is 1. The number of rotatable bonds is 32. The third kappa shape index (κ3) is 19.2. The number of nitrogens with one attached hydrogen (secondary N) is 1. The highest BCUT2D eigenvalue weighted by atomic mass is 16.7. The molecule has 0 bridgehead atoms. The second kappa shape index (κ2) is 30.7. The Morgan fingerprint density at radius 2 is 1.12 bits per heavy atom. The van der Waals surface area contributed by atoms with E-state index in [0.29, 0.717) is 19.3 Å². The fraction of sp³-hybridized carbons (Fsp3) is 0.929. The number of amides is 1. The fourth-order valence-electron chi connectivity index (χ4n) is 7.29. The molecule has 12 unspecified atom stereocenters. The minimum Gasteiger partial charge on any atom is -0.394 e. The Labute approximate surface area is 336 Å². The largest absolute Gasteiger partial charge is 0.394 e. The molecule has 0 aromatic carbocycles. The molecule has 0 spiro atoms. The van der Waals surface area contributed by atoms with Crippen molar-refractivity contribution in [2.45, 2.75) is 229 Å². The van der Waals surface area contributed by atoms with Crippen molar-refractivity contribution in [3.63, 3.8) is 0 Å². The molecule has 9 N–H and O–H groups in total. The third-order valence-corrected chi connectivity index (χ3v) is 11.0. The van der Waals surface area contributed by atoms with Crippen molar-refractivity contribution in [1.29, 1.82) is 0 Å². The lowest BCUT2D eigenvalue weighted by Gasteiger charge is -2.46. The zero-order valence-corrected chi connectivity index (χ0v) is 34.4. The molecule has 2 aliphatic rings. The van der Waals surface area contributed by atoms with Gasteiger partial charge in [0, 0.05) is 6.42 Å². The van der Waals surface area contributed by atoms with E-state index in [1.807, 2.05) is 0 Å². The maximum absolute atomic E-state index is 13.0. The van der Waals surface area contributed by atoms with E-state index in [4.69, 9.17) is 18.9 Å². The molecule has 2 saturated heterocycles. The van der Waals surface area contributed by atoms with Crippen LogP contribution < -0.4 is 5.32 Å². The zero-order valence-electron chi connectivity index (χ0n) is 34.4. The molecular formula is C42H79NO13. The van der Waals surface area contributed by atoms with Gasteiger partial charge in [-0.25, -0.2) is 0 Å². The molecule has 14 nitrogen and oxygen atoms in total. The van der Waals surface area contributed by atoms with Crippen LogP contribution in [0.4, 0.5) is 0 Å². The quantitative estimate of drug-likeness (QED) is 0.0350. The zero-order chi connectivity index (χ0) is 41.1. The Morgan fingerprint density at radius 3 is 1.70 bits per heavy atom. The van der Waals surface area contributed by atoms with Crippen LogP contribution in [0.15, 0.2) is 12.2 Å². The van der Waals surface area contributed by atoms with E-state index in [2.05, 4.69) is 31.3 Å². The standard InChI is InChI=1S/C42H79NO13/c1-3-5-7-9-11-12-13-14-15-16-17-18-19-20-22-24-26-34(47)43-30(31(46)25-23-21-10-8-6-4-2)29-53-41-39(52)37(50)40(33(28-45)55-41)56-42-38(51)36(49)35(48)32(27-44)54-42/h15-16,30-33,35-42,44-46,48-52H,3-14,17-29H2,1-2H3,(H,43,47)/b16-15-. The molecule has 1 amide bonds. The number of carbonyl (C=O) groups excluding carboxylic acids is 1. The summed E-state index contributed by atoms with van der Waals surface area (Å²) < 4.78 is 22.6. The molecule has 0 aromatic rings. The number of hydrogen-bond donors (Lipinski definition) is 9. The van der Waals surface area contributed by atoms with E-state index in [1.165, 1.54) is 44.9 Å². The van der Waals surface area contributed by atoms with Gasteiger partial charge in [-0.15, -0.1) is 0 Å². The van der Waals surface area contributed by atoms with E-state index in [0.717, 1.165) is 77.0 Å². The van der Waals surface area contributed by atoms with Crippen molar-refractivity contribution >= 4 is 5.91 Å². The Balaban J connectivity index is 1.83. The second-order valence-corrected chi connectivity index (χ2v) is 15.8. The average molecular weight is 806 g/mol. The molecule has 14 heteroatoms. The Morgan fingerprint density at radius 1 is 0.625 bits per heavy atom. The molecular weight excluding hydrogens is 726 g/mol. The number of hydrogen-bond acceptors (Lipinski definition) is 13. The molecule has 2 heterocycles. The lowest BCUT2D eigenvalue weighted by molar-refractivity contribution is -0.359. The first kappa shape index (κ1) is 50.9. The van der Waals surface area contributed by atoms with Crippen LogP contribution in [0.5, 0.6) is 0 Å². The first-order chi connectivity index (χ1) is 27.1. The van der Waals surface area contributed by atoms with Gasteiger partial charge < -0.3 is 65.1 Å². The van der Waals surface area contributed by atoms with Gasteiger partial charge in [-0.05, 0) is 38.5 Å². The van der Waals surface area contributed by atoms with Gasteiger partial charge in [-0.1, -0.05) is 122 Å². The number of unbranched alkanes of at least 4 members (excludes halogenated alkanes) is 17. The Kier molecular flexibility index (Phi) is 27.9. The van der Waals surface area contributed by atoms with Gasteiger partial charge in [0.05, 0.1) is 32.0 Å². The number of ether oxygens (including phenoxy) is 4. The highest BCUT2D eigenvalue weighted by Crippen LogP contribution is 2.30. The summed E-state index contributed by atoms with van der Waals surface area (Å²) in [7, 11) is 0. The molecule has 2 rings (SSSR count). The number of aliphatic hydroxyl groups excluding tert-OH is 8. The van der Waals surface area contributed by atoms with Crippen molar-refractivity contribution in [3.8, 4) is 0 Å². The maximum Gasteiger partial charge on any atom is 0.220 e. The summed E-state index contributed by atoms with van der Waals surface area (Å²) in [4.78, 5) is 13.0. The van der Waals surface area contributed by atoms with E-state index in [1.54, 1.807) is 0 Å². The van der Waals surface area contributed by atoms with Gasteiger partial charge in [0.1, 0.15) is 48.8 Å². The predicted molar refractivity (Wildman–Crippen MR) is 212 cm³/mol. The summed E-state index contributed by atoms with van der Waals surface area (Å²) in [5, 5.41) is 86.2. The molecule has 0 radical (unpaired) electrons. The van der Waals surface area contributed by atoms with Crippen LogP contribution in [0.25, 0.3) is 0 Å². The SMILES string of the molecule is CCCCCCCCC/C=C\CCCCCCCC(=O)NC(COC1OC(CO)C(OC2OC(CO)C(O)C(O)C2O)C(O)C1O)C(O)CCCCCCCC. The van der Waals surface area contributed by atoms with E-state index < -0.39 is 86.8 Å². The van der Waals surface area contributed by atoms with E-state index in [9.17, 15) is 45.6 Å².